The van der Waals surface area contributed by atoms with Crippen molar-refractivity contribution in [1.82, 2.24) is 0 Å². The Kier molecular flexibility index (Phi) is 3.87. The Morgan fingerprint density at radius 1 is 1.55 bits per heavy atom. The first-order valence-electron chi connectivity index (χ1n) is 3.00. The molecule has 1 unspecified atom stereocenters. The van der Waals surface area contributed by atoms with Gasteiger partial charge in [0.15, 0.2) is 6.04 Å². The van der Waals surface area contributed by atoms with Crippen molar-refractivity contribution in [2.75, 3.05) is 0 Å². The molecular formula is C6H9NO4. The van der Waals surface area contributed by atoms with Crippen molar-refractivity contribution >= 4 is 18.2 Å². The van der Waals surface area contributed by atoms with Crippen LogP contribution in [0.4, 0.5) is 0 Å². The second-order valence-electron chi connectivity index (χ2n) is 1.86. The molecule has 1 atom stereocenters. The van der Waals surface area contributed by atoms with Crippen molar-refractivity contribution in [2.24, 2.45) is 4.99 Å². The van der Waals surface area contributed by atoms with E-state index in [1.54, 1.807) is 0 Å². The maximum atomic E-state index is 10.2. The summed E-state index contributed by atoms with van der Waals surface area (Å²) in [6.45, 7) is 1.54. The number of carboxylic acid groups (broad SMARTS) is 2. The third kappa shape index (κ3) is 4.07. The molecule has 0 spiro atoms. The Morgan fingerprint density at radius 2 is 2.09 bits per heavy atom. The van der Waals surface area contributed by atoms with Crippen LogP contribution >= 0.6 is 0 Å². The molecule has 0 heterocycles. The molecule has 0 saturated carbocycles. The quantitative estimate of drug-likeness (QED) is 0.565. The first kappa shape index (κ1) is 9.61. The molecule has 2 N–H and O–H groups in total. The fourth-order valence-electron chi connectivity index (χ4n) is 0.549. The molecule has 0 aliphatic heterocycles. The van der Waals surface area contributed by atoms with Crippen LogP contribution in [-0.2, 0) is 9.59 Å². The lowest BCUT2D eigenvalue weighted by Gasteiger charge is -2.01. The van der Waals surface area contributed by atoms with Crippen LogP contribution in [0.1, 0.15) is 13.3 Å². The molecule has 0 rings (SSSR count). The van der Waals surface area contributed by atoms with Gasteiger partial charge in [-0.15, -0.1) is 0 Å². The van der Waals surface area contributed by atoms with Crippen molar-refractivity contribution in [3.05, 3.63) is 0 Å². The molecular weight excluding hydrogens is 150 g/mol. The highest BCUT2D eigenvalue weighted by atomic mass is 16.4. The molecule has 5 nitrogen and oxygen atoms in total. The molecule has 0 aromatic carbocycles. The fourth-order valence-corrected chi connectivity index (χ4v) is 0.549. The number of aliphatic carboxylic acids is 2. The zero-order valence-corrected chi connectivity index (χ0v) is 6.02. The lowest BCUT2D eigenvalue weighted by molar-refractivity contribution is -0.144. The van der Waals surface area contributed by atoms with Gasteiger partial charge < -0.3 is 10.2 Å². The van der Waals surface area contributed by atoms with Crippen LogP contribution < -0.4 is 0 Å². The minimum atomic E-state index is -1.22. The van der Waals surface area contributed by atoms with Crippen molar-refractivity contribution in [3.8, 4) is 0 Å². The van der Waals surface area contributed by atoms with E-state index in [0.717, 1.165) is 0 Å². The van der Waals surface area contributed by atoms with Crippen LogP contribution in [0.3, 0.4) is 0 Å². The predicted molar refractivity (Wildman–Crippen MR) is 37.8 cm³/mol. The van der Waals surface area contributed by atoms with E-state index in [0.29, 0.717) is 0 Å². The van der Waals surface area contributed by atoms with E-state index in [4.69, 9.17) is 10.2 Å². The van der Waals surface area contributed by atoms with Crippen LogP contribution in [0.15, 0.2) is 4.99 Å². The molecule has 62 valence electrons. The van der Waals surface area contributed by atoms with E-state index in [9.17, 15) is 9.59 Å². The standard InChI is InChI=1S/C6H9NO4/c1-2-7-4(6(10)11)3-5(8)9/h2,4H,3H2,1H3,(H,8,9)(H,10,11). The predicted octanol–water partition coefficient (Wildman–Crippen LogP) is 0.00500. The fraction of sp³-hybridized carbons (Fsp3) is 0.500. The highest BCUT2D eigenvalue weighted by molar-refractivity contribution is 5.81. The summed E-state index contributed by atoms with van der Waals surface area (Å²) in [6.07, 6.45) is 0.807. The van der Waals surface area contributed by atoms with Crippen molar-refractivity contribution in [2.45, 2.75) is 19.4 Å². The molecule has 5 heteroatoms. The zero-order chi connectivity index (χ0) is 8.85. The van der Waals surface area contributed by atoms with Gasteiger partial charge in [0.25, 0.3) is 0 Å². The Morgan fingerprint density at radius 3 is 2.36 bits per heavy atom. The summed E-state index contributed by atoms with van der Waals surface area (Å²) in [5, 5.41) is 16.6. The summed E-state index contributed by atoms with van der Waals surface area (Å²) in [5.74, 6) is -2.38. The minimum absolute atomic E-state index is 0.473. The molecule has 11 heavy (non-hydrogen) atoms. The lowest BCUT2D eigenvalue weighted by Crippen LogP contribution is -2.21. The second-order valence-corrected chi connectivity index (χ2v) is 1.86. The maximum Gasteiger partial charge on any atom is 0.329 e. The number of carboxylic acids is 2. The highest BCUT2D eigenvalue weighted by Crippen LogP contribution is 1.97. The number of aliphatic imine (C=N–C) groups is 1. The van der Waals surface area contributed by atoms with E-state index in [1.807, 2.05) is 0 Å². The first-order valence-corrected chi connectivity index (χ1v) is 3.00. The zero-order valence-electron chi connectivity index (χ0n) is 6.02. The first-order chi connectivity index (χ1) is 5.07. The van der Waals surface area contributed by atoms with Gasteiger partial charge in [-0.2, -0.15) is 0 Å². The third-order valence-corrected chi connectivity index (χ3v) is 0.982. The van der Waals surface area contributed by atoms with Crippen molar-refractivity contribution in [1.29, 1.82) is 0 Å². The molecule has 0 aromatic heterocycles. The summed E-state index contributed by atoms with van der Waals surface area (Å²) in [6, 6.07) is -1.16. The van der Waals surface area contributed by atoms with Crippen LogP contribution in [0.2, 0.25) is 0 Å². The molecule has 0 radical (unpaired) electrons. The average molecular weight is 159 g/mol. The van der Waals surface area contributed by atoms with Crippen LogP contribution in [0, 0.1) is 0 Å². The lowest BCUT2D eigenvalue weighted by atomic mass is 10.2. The average Bonchev–Trinajstić information content (AvgIpc) is 1.86. The van der Waals surface area contributed by atoms with Gasteiger partial charge in [-0.05, 0) is 13.1 Å². The van der Waals surface area contributed by atoms with Gasteiger partial charge in [0.2, 0.25) is 0 Å². The largest absolute Gasteiger partial charge is 0.481 e. The number of carbonyl (C=O) groups is 2. The SMILES string of the molecule is CC=NC(CC(=O)O)C(=O)O. The molecule has 0 aliphatic rings. The normalized spacial score (nSPS) is 13.2. The topological polar surface area (TPSA) is 87.0 Å². The van der Waals surface area contributed by atoms with Crippen molar-refractivity contribution in [3.63, 3.8) is 0 Å². The van der Waals surface area contributed by atoms with Gasteiger partial charge in [-0.25, -0.2) is 4.79 Å². The van der Waals surface area contributed by atoms with E-state index < -0.39 is 24.4 Å². The highest BCUT2D eigenvalue weighted by Gasteiger charge is 2.18. The maximum absolute atomic E-state index is 10.2. The smallest absolute Gasteiger partial charge is 0.329 e. The Bertz CT molecular complexity index is 187. The molecule has 0 saturated heterocycles. The number of nitrogens with zero attached hydrogens (tertiary/aromatic N) is 1. The minimum Gasteiger partial charge on any atom is -0.481 e. The summed E-state index contributed by atoms with van der Waals surface area (Å²) in [4.78, 5) is 23.8. The van der Waals surface area contributed by atoms with Gasteiger partial charge in [0, 0.05) is 0 Å². The Hall–Kier alpha value is -1.39. The van der Waals surface area contributed by atoms with E-state index >= 15 is 0 Å². The Balaban J connectivity index is 4.11. The summed E-state index contributed by atoms with van der Waals surface area (Å²) in [5.41, 5.74) is 0. The van der Waals surface area contributed by atoms with Gasteiger partial charge in [-0.3, -0.25) is 9.79 Å². The third-order valence-electron chi connectivity index (χ3n) is 0.982. The molecule has 0 amide bonds. The summed E-state index contributed by atoms with van der Waals surface area (Å²) < 4.78 is 0. The van der Waals surface area contributed by atoms with E-state index in [2.05, 4.69) is 4.99 Å². The molecule has 0 fully saturated rings. The van der Waals surface area contributed by atoms with Gasteiger partial charge >= 0.3 is 11.9 Å². The number of rotatable bonds is 4. The van der Waals surface area contributed by atoms with Gasteiger partial charge in [-0.1, -0.05) is 0 Å². The molecule has 0 aliphatic carbocycles. The molecule has 0 aromatic rings. The second kappa shape index (κ2) is 4.43. The van der Waals surface area contributed by atoms with E-state index in [-0.39, 0.29) is 0 Å². The number of hydrogen-bond acceptors (Lipinski definition) is 3. The van der Waals surface area contributed by atoms with E-state index in [1.165, 1.54) is 13.1 Å². The van der Waals surface area contributed by atoms with Crippen LogP contribution in [-0.4, -0.2) is 34.4 Å². The van der Waals surface area contributed by atoms with Gasteiger partial charge in [0.05, 0.1) is 6.42 Å². The summed E-state index contributed by atoms with van der Waals surface area (Å²) >= 11 is 0. The van der Waals surface area contributed by atoms with Crippen LogP contribution in [0.25, 0.3) is 0 Å². The van der Waals surface area contributed by atoms with Crippen LogP contribution in [0.5, 0.6) is 0 Å². The number of hydrogen-bond donors (Lipinski definition) is 2. The van der Waals surface area contributed by atoms with Gasteiger partial charge in [0.1, 0.15) is 0 Å². The monoisotopic (exact) mass is 159 g/mol. The Labute approximate surface area is 63.4 Å². The van der Waals surface area contributed by atoms with Crippen molar-refractivity contribution < 1.29 is 19.8 Å². The molecule has 0 bridgehead atoms. The summed E-state index contributed by atoms with van der Waals surface area (Å²) in [7, 11) is 0.